The van der Waals surface area contributed by atoms with Crippen LogP contribution >= 0.6 is 0 Å². The van der Waals surface area contributed by atoms with Crippen LogP contribution in [-0.4, -0.2) is 30.6 Å². The van der Waals surface area contributed by atoms with E-state index in [9.17, 15) is 13.2 Å². The van der Waals surface area contributed by atoms with E-state index in [0.717, 1.165) is 0 Å². The maximum Gasteiger partial charge on any atom is 0.441 e. The summed E-state index contributed by atoms with van der Waals surface area (Å²) in [7, 11) is 1.43. The molecule has 0 aromatic carbocycles. The Bertz CT molecular complexity index is 242. The molecule has 1 aliphatic rings. The van der Waals surface area contributed by atoms with Gasteiger partial charge in [-0.2, -0.15) is 17.8 Å². The van der Waals surface area contributed by atoms with Crippen molar-refractivity contribution >= 4 is 6.21 Å². The van der Waals surface area contributed by atoms with Crippen molar-refractivity contribution in [2.45, 2.75) is 13.1 Å². The third kappa shape index (κ3) is 1.85. The molecule has 1 rings (SSSR count). The van der Waals surface area contributed by atoms with Gasteiger partial charge in [0.15, 0.2) is 0 Å². The SMILES string of the molecule is CC1=CC=N[N+]1(C)CC(F)(F)F. The summed E-state index contributed by atoms with van der Waals surface area (Å²) < 4.78 is 35.6. The summed E-state index contributed by atoms with van der Waals surface area (Å²) in [6.45, 7) is 0.699. The second-order valence-corrected chi connectivity index (χ2v) is 2.99. The van der Waals surface area contributed by atoms with E-state index in [0.29, 0.717) is 5.70 Å². The maximum atomic E-state index is 12.0. The summed E-state index contributed by atoms with van der Waals surface area (Å²) in [5, 5.41) is 3.73. The molecular formula is C7H10F3N2+. The van der Waals surface area contributed by atoms with Crippen LogP contribution in [0.15, 0.2) is 16.9 Å². The molecule has 1 atom stereocenters. The van der Waals surface area contributed by atoms with Crippen LogP contribution in [0.2, 0.25) is 0 Å². The lowest BCUT2D eigenvalue weighted by molar-refractivity contribution is -0.887. The van der Waals surface area contributed by atoms with Crippen LogP contribution in [0.25, 0.3) is 0 Å². The summed E-state index contributed by atoms with van der Waals surface area (Å²) in [5.41, 5.74) is 0.604. The number of allylic oxidation sites excluding steroid dienone is 2. The average molecular weight is 179 g/mol. The van der Waals surface area contributed by atoms with Gasteiger partial charge in [-0.3, -0.25) is 0 Å². The minimum Gasteiger partial charge on any atom is -0.165 e. The summed E-state index contributed by atoms with van der Waals surface area (Å²) in [6, 6.07) is 0. The molecule has 0 fully saturated rings. The Morgan fingerprint density at radius 3 is 2.42 bits per heavy atom. The van der Waals surface area contributed by atoms with Crippen molar-refractivity contribution in [3.05, 3.63) is 11.8 Å². The monoisotopic (exact) mass is 179 g/mol. The van der Waals surface area contributed by atoms with Crippen LogP contribution in [0.4, 0.5) is 13.2 Å². The van der Waals surface area contributed by atoms with E-state index in [4.69, 9.17) is 0 Å². The zero-order valence-electron chi connectivity index (χ0n) is 6.89. The third-order valence-electron chi connectivity index (χ3n) is 1.88. The molecule has 0 saturated heterocycles. The molecule has 0 spiro atoms. The zero-order chi connectivity index (χ0) is 9.41. The molecule has 0 aromatic heterocycles. The predicted octanol–water partition coefficient (Wildman–Crippen LogP) is 1.90. The fourth-order valence-electron chi connectivity index (χ4n) is 1.05. The summed E-state index contributed by atoms with van der Waals surface area (Å²) >= 11 is 0. The largest absolute Gasteiger partial charge is 0.441 e. The Kier molecular flexibility index (Phi) is 1.99. The normalized spacial score (nSPS) is 29.2. The van der Waals surface area contributed by atoms with E-state index < -0.39 is 17.3 Å². The van der Waals surface area contributed by atoms with Gasteiger partial charge >= 0.3 is 6.18 Å². The smallest absolute Gasteiger partial charge is 0.165 e. The first-order valence-electron chi connectivity index (χ1n) is 3.49. The Labute approximate surface area is 68.6 Å². The number of nitrogens with zero attached hydrogens (tertiary/aromatic N) is 2. The first-order valence-corrected chi connectivity index (χ1v) is 3.49. The molecule has 1 heterocycles. The second kappa shape index (κ2) is 2.58. The Morgan fingerprint density at radius 1 is 1.50 bits per heavy atom. The molecular weight excluding hydrogens is 169 g/mol. The van der Waals surface area contributed by atoms with Crippen LogP contribution in [0, 0.1) is 0 Å². The van der Waals surface area contributed by atoms with Crippen LogP contribution in [-0.2, 0) is 0 Å². The molecule has 0 radical (unpaired) electrons. The van der Waals surface area contributed by atoms with Crippen LogP contribution in [0.1, 0.15) is 6.92 Å². The van der Waals surface area contributed by atoms with E-state index in [1.54, 1.807) is 13.0 Å². The first kappa shape index (κ1) is 9.25. The highest BCUT2D eigenvalue weighted by atomic mass is 19.4. The fourth-order valence-corrected chi connectivity index (χ4v) is 1.05. The quantitative estimate of drug-likeness (QED) is 0.545. The van der Waals surface area contributed by atoms with Crippen LogP contribution < -0.4 is 0 Å². The first-order chi connectivity index (χ1) is 5.33. The van der Waals surface area contributed by atoms with E-state index in [1.807, 2.05) is 0 Å². The molecule has 0 N–H and O–H groups in total. The second-order valence-electron chi connectivity index (χ2n) is 2.99. The van der Waals surface area contributed by atoms with Crippen molar-refractivity contribution in [3.8, 4) is 0 Å². The molecule has 0 amide bonds. The maximum absolute atomic E-state index is 12.0. The molecule has 0 saturated carbocycles. The summed E-state index contributed by atoms with van der Waals surface area (Å²) in [6.07, 6.45) is -1.18. The number of alkyl halides is 3. The lowest BCUT2D eigenvalue weighted by Crippen LogP contribution is -2.42. The van der Waals surface area contributed by atoms with Gasteiger partial charge < -0.3 is 0 Å². The lowest BCUT2D eigenvalue weighted by Gasteiger charge is -2.25. The van der Waals surface area contributed by atoms with Gasteiger partial charge in [0.25, 0.3) is 0 Å². The molecule has 0 aliphatic carbocycles. The van der Waals surface area contributed by atoms with Crippen molar-refractivity contribution in [2.24, 2.45) is 5.10 Å². The highest BCUT2D eigenvalue weighted by Crippen LogP contribution is 2.27. The highest BCUT2D eigenvalue weighted by Gasteiger charge is 2.42. The van der Waals surface area contributed by atoms with Gasteiger partial charge in [0.2, 0.25) is 6.54 Å². The van der Waals surface area contributed by atoms with Gasteiger partial charge in [-0.05, 0) is 0 Å². The predicted molar refractivity (Wildman–Crippen MR) is 39.4 cm³/mol. The fraction of sp³-hybridized carbons (Fsp3) is 0.571. The van der Waals surface area contributed by atoms with Gasteiger partial charge in [-0.15, -0.1) is 0 Å². The van der Waals surface area contributed by atoms with Gasteiger partial charge in [0, 0.05) is 13.0 Å². The molecule has 2 nitrogen and oxygen atoms in total. The van der Waals surface area contributed by atoms with Crippen LogP contribution in [0.3, 0.4) is 0 Å². The van der Waals surface area contributed by atoms with Crippen molar-refractivity contribution in [1.82, 2.24) is 0 Å². The van der Waals surface area contributed by atoms with Gasteiger partial charge in [-0.25, -0.2) is 0 Å². The number of hydrogen-bond acceptors (Lipinski definition) is 1. The Morgan fingerprint density at radius 2 is 2.08 bits per heavy atom. The number of quaternary nitrogens is 1. The third-order valence-corrected chi connectivity index (χ3v) is 1.88. The number of rotatable bonds is 1. The molecule has 68 valence electrons. The van der Waals surface area contributed by atoms with Gasteiger partial charge in [0.1, 0.15) is 5.70 Å². The van der Waals surface area contributed by atoms with Crippen LogP contribution in [0.5, 0.6) is 0 Å². The topological polar surface area (TPSA) is 12.4 Å². The minimum absolute atomic E-state index is 0.399. The molecule has 1 aliphatic heterocycles. The minimum atomic E-state index is -4.18. The van der Waals surface area contributed by atoms with Crippen molar-refractivity contribution in [1.29, 1.82) is 0 Å². The van der Waals surface area contributed by atoms with E-state index in [2.05, 4.69) is 5.10 Å². The van der Waals surface area contributed by atoms with E-state index in [1.165, 1.54) is 13.3 Å². The standard InChI is InChI=1S/C7H10F3N2/c1-6-3-4-11-12(6,2)5-7(8,9)10/h3-4H,5H2,1-2H3/q+1. The average Bonchev–Trinajstić information content (AvgIpc) is 2.08. The van der Waals surface area contributed by atoms with E-state index in [-0.39, 0.29) is 0 Å². The number of halogens is 3. The molecule has 0 aromatic rings. The molecule has 5 heteroatoms. The van der Waals surface area contributed by atoms with E-state index >= 15 is 0 Å². The van der Waals surface area contributed by atoms with Crippen molar-refractivity contribution < 1.29 is 17.8 Å². The molecule has 0 bridgehead atoms. The van der Waals surface area contributed by atoms with Gasteiger partial charge in [-0.1, -0.05) is 5.10 Å². The van der Waals surface area contributed by atoms with Gasteiger partial charge in [0.05, 0.1) is 13.3 Å². The van der Waals surface area contributed by atoms with Crippen molar-refractivity contribution in [3.63, 3.8) is 0 Å². The molecule has 12 heavy (non-hydrogen) atoms. The Hall–Kier alpha value is -0.840. The number of hydrogen-bond donors (Lipinski definition) is 0. The molecule has 1 unspecified atom stereocenters. The highest BCUT2D eigenvalue weighted by molar-refractivity contribution is 5.72. The lowest BCUT2D eigenvalue weighted by atomic mass is 10.4. The zero-order valence-corrected chi connectivity index (χ0v) is 6.89. The summed E-state index contributed by atoms with van der Waals surface area (Å²) in [4.78, 5) is 0. The summed E-state index contributed by atoms with van der Waals surface area (Å²) in [5.74, 6) is 0. The Balaban J connectivity index is 2.75. The van der Waals surface area contributed by atoms with Crippen molar-refractivity contribution in [2.75, 3.05) is 13.6 Å².